The number of carboxylic acids is 1. The smallest absolute Gasteiger partial charge is 0.305 e. The van der Waals surface area contributed by atoms with Crippen LogP contribution in [-0.4, -0.2) is 26.6 Å². The van der Waals surface area contributed by atoms with Crippen LogP contribution in [0, 0.1) is 0 Å². The largest absolute Gasteiger partial charge is 0.481 e. The fourth-order valence-corrected chi connectivity index (χ4v) is 1.87. The molecule has 1 aromatic heterocycles. The van der Waals surface area contributed by atoms with Gasteiger partial charge in [-0.2, -0.15) is 0 Å². The quantitative estimate of drug-likeness (QED) is 0.778. The van der Waals surface area contributed by atoms with Gasteiger partial charge in [-0.25, -0.2) is 4.98 Å². The number of nitrogens with zero attached hydrogens (tertiary/aromatic N) is 2. The highest BCUT2D eigenvalue weighted by molar-refractivity contribution is 5.69. The van der Waals surface area contributed by atoms with E-state index >= 15 is 0 Å². The number of hydrogen-bond donors (Lipinski definition) is 2. The molecule has 0 unspecified atom stereocenters. The molecule has 0 amide bonds. The second-order valence-corrected chi connectivity index (χ2v) is 3.92. The molecule has 0 aliphatic heterocycles. The van der Waals surface area contributed by atoms with E-state index in [4.69, 9.17) is 5.11 Å². The van der Waals surface area contributed by atoms with Gasteiger partial charge < -0.3 is 10.4 Å². The fraction of sp³-hybridized carbons (Fsp3) is 0.500. The number of aromatic nitrogens is 2. The highest BCUT2D eigenvalue weighted by Gasteiger charge is 2.39. The molecule has 1 fully saturated rings. The lowest BCUT2D eigenvalue weighted by atomic mass is 9.74. The highest BCUT2D eigenvalue weighted by Crippen LogP contribution is 2.37. The van der Waals surface area contributed by atoms with Gasteiger partial charge in [0.2, 0.25) is 0 Å². The molecule has 2 rings (SSSR count). The predicted octanol–water partition coefficient (Wildman–Crippen LogP) is 1.29. The van der Waals surface area contributed by atoms with E-state index in [-0.39, 0.29) is 12.0 Å². The summed E-state index contributed by atoms with van der Waals surface area (Å²) >= 11 is 0. The molecule has 80 valence electrons. The monoisotopic (exact) mass is 207 g/mol. The molecule has 1 aliphatic carbocycles. The average molecular weight is 207 g/mol. The highest BCUT2D eigenvalue weighted by atomic mass is 16.4. The van der Waals surface area contributed by atoms with E-state index in [2.05, 4.69) is 15.3 Å². The second-order valence-electron chi connectivity index (χ2n) is 3.92. The summed E-state index contributed by atoms with van der Waals surface area (Å²) in [5.41, 5.74) is -0.304. The van der Waals surface area contributed by atoms with Gasteiger partial charge in [0.1, 0.15) is 5.82 Å². The minimum Gasteiger partial charge on any atom is -0.481 e. The van der Waals surface area contributed by atoms with E-state index in [0.29, 0.717) is 5.82 Å². The SMILES string of the molecule is O=C(O)CC1(Nc2cnccn2)CCC1. The first kappa shape index (κ1) is 9.89. The molecule has 0 atom stereocenters. The molecule has 15 heavy (non-hydrogen) atoms. The van der Waals surface area contributed by atoms with E-state index in [9.17, 15) is 4.79 Å². The Labute approximate surface area is 87.6 Å². The van der Waals surface area contributed by atoms with Crippen LogP contribution in [0.1, 0.15) is 25.7 Å². The zero-order valence-electron chi connectivity index (χ0n) is 8.31. The van der Waals surface area contributed by atoms with E-state index in [1.54, 1.807) is 18.6 Å². The third-order valence-corrected chi connectivity index (χ3v) is 2.76. The number of carbonyl (C=O) groups is 1. The summed E-state index contributed by atoms with van der Waals surface area (Å²) in [7, 11) is 0. The van der Waals surface area contributed by atoms with Gasteiger partial charge in [-0.3, -0.25) is 9.78 Å². The lowest BCUT2D eigenvalue weighted by Gasteiger charge is -2.41. The summed E-state index contributed by atoms with van der Waals surface area (Å²) < 4.78 is 0. The Morgan fingerprint density at radius 1 is 1.53 bits per heavy atom. The maximum absolute atomic E-state index is 10.7. The third kappa shape index (κ3) is 2.23. The van der Waals surface area contributed by atoms with Crippen molar-refractivity contribution >= 4 is 11.8 Å². The minimum absolute atomic E-state index is 0.142. The molecule has 5 heteroatoms. The molecule has 0 radical (unpaired) electrons. The third-order valence-electron chi connectivity index (χ3n) is 2.76. The van der Waals surface area contributed by atoms with Gasteiger partial charge in [0.25, 0.3) is 0 Å². The van der Waals surface area contributed by atoms with Crippen LogP contribution in [0.5, 0.6) is 0 Å². The first-order valence-corrected chi connectivity index (χ1v) is 4.96. The summed E-state index contributed by atoms with van der Waals surface area (Å²) in [6.07, 6.45) is 7.78. The number of anilines is 1. The molecule has 5 nitrogen and oxygen atoms in total. The van der Waals surface area contributed by atoms with Crippen molar-refractivity contribution in [2.45, 2.75) is 31.2 Å². The molecule has 0 aromatic carbocycles. The summed E-state index contributed by atoms with van der Waals surface area (Å²) in [4.78, 5) is 18.7. The second kappa shape index (κ2) is 3.84. The average Bonchev–Trinajstić information content (AvgIpc) is 2.15. The Hall–Kier alpha value is -1.65. The van der Waals surface area contributed by atoms with Crippen LogP contribution in [0.3, 0.4) is 0 Å². The zero-order chi connectivity index (χ0) is 10.7. The summed E-state index contributed by atoms with van der Waals surface area (Å²) in [5, 5.41) is 12.0. The lowest BCUT2D eigenvalue weighted by molar-refractivity contribution is -0.138. The molecular weight excluding hydrogens is 194 g/mol. The van der Waals surface area contributed by atoms with E-state index in [1.165, 1.54) is 0 Å². The Morgan fingerprint density at radius 3 is 2.80 bits per heavy atom. The number of aliphatic carboxylic acids is 1. The molecular formula is C10H13N3O2. The van der Waals surface area contributed by atoms with Gasteiger partial charge in [-0.05, 0) is 19.3 Å². The molecule has 1 aliphatic rings. The van der Waals surface area contributed by atoms with Crippen LogP contribution < -0.4 is 5.32 Å². The molecule has 0 saturated heterocycles. The topological polar surface area (TPSA) is 75.1 Å². The Bertz CT molecular complexity index is 349. The molecule has 1 heterocycles. The van der Waals surface area contributed by atoms with Crippen molar-refractivity contribution in [1.82, 2.24) is 9.97 Å². The lowest BCUT2D eigenvalue weighted by Crippen LogP contribution is -2.46. The van der Waals surface area contributed by atoms with E-state index < -0.39 is 5.97 Å². The molecule has 0 bridgehead atoms. The summed E-state index contributed by atoms with van der Waals surface area (Å²) in [6, 6.07) is 0. The van der Waals surface area contributed by atoms with Gasteiger partial charge in [0.05, 0.1) is 12.6 Å². The number of rotatable bonds is 4. The van der Waals surface area contributed by atoms with Crippen LogP contribution in [0.15, 0.2) is 18.6 Å². The van der Waals surface area contributed by atoms with Crippen LogP contribution in [-0.2, 0) is 4.79 Å². The van der Waals surface area contributed by atoms with Crippen LogP contribution in [0.25, 0.3) is 0 Å². The Kier molecular flexibility index (Phi) is 2.53. The fourth-order valence-electron chi connectivity index (χ4n) is 1.87. The van der Waals surface area contributed by atoms with Crippen LogP contribution in [0.4, 0.5) is 5.82 Å². The van der Waals surface area contributed by atoms with Crippen molar-refractivity contribution in [3.05, 3.63) is 18.6 Å². The summed E-state index contributed by atoms with van der Waals surface area (Å²) in [6.45, 7) is 0. The minimum atomic E-state index is -0.772. The maximum Gasteiger partial charge on any atom is 0.305 e. The van der Waals surface area contributed by atoms with Crippen LogP contribution in [0.2, 0.25) is 0 Å². The normalized spacial score (nSPS) is 17.9. The molecule has 1 saturated carbocycles. The maximum atomic E-state index is 10.7. The first-order valence-electron chi connectivity index (χ1n) is 4.96. The van der Waals surface area contributed by atoms with E-state index in [1.807, 2.05) is 0 Å². The van der Waals surface area contributed by atoms with Crippen molar-refractivity contribution in [3.8, 4) is 0 Å². The number of hydrogen-bond acceptors (Lipinski definition) is 4. The molecule has 0 spiro atoms. The van der Waals surface area contributed by atoms with Gasteiger partial charge >= 0.3 is 5.97 Å². The van der Waals surface area contributed by atoms with Gasteiger partial charge in [0, 0.05) is 17.9 Å². The number of nitrogens with one attached hydrogen (secondary N) is 1. The van der Waals surface area contributed by atoms with Crippen molar-refractivity contribution in [3.63, 3.8) is 0 Å². The van der Waals surface area contributed by atoms with E-state index in [0.717, 1.165) is 19.3 Å². The van der Waals surface area contributed by atoms with Crippen molar-refractivity contribution < 1.29 is 9.90 Å². The Morgan fingerprint density at radius 2 is 2.33 bits per heavy atom. The van der Waals surface area contributed by atoms with Crippen molar-refractivity contribution in [2.24, 2.45) is 0 Å². The molecule has 1 aromatic rings. The van der Waals surface area contributed by atoms with Gasteiger partial charge in [0.15, 0.2) is 0 Å². The zero-order valence-corrected chi connectivity index (χ0v) is 8.31. The van der Waals surface area contributed by atoms with Crippen molar-refractivity contribution in [2.75, 3.05) is 5.32 Å². The van der Waals surface area contributed by atoms with Crippen molar-refractivity contribution in [1.29, 1.82) is 0 Å². The predicted molar refractivity (Wildman–Crippen MR) is 54.5 cm³/mol. The standard InChI is InChI=1S/C10H13N3O2/c14-9(15)6-10(2-1-3-10)13-8-7-11-4-5-12-8/h4-5,7H,1-3,6H2,(H,12,13)(H,14,15). The van der Waals surface area contributed by atoms with Crippen LogP contribution >= 0.6 is 0 Å². The summed E-state index contributed by atoms with van der Waals surface area (Å²) in [5.74, 6) is -0.121. The van der Waals surface area contributed by atoms with Gasteiger partial charge in [-0.15, -0.1) is 0 Å². The molecule has 2 N–H and O–H groups in total. The number of carboxylic acid groups (broad SMARTS) is 1. The Balaban J connectivity index is 2.05. The first-order chi connectivity index (χ1) is 7.20. The van der Waals surface area contributed by atoms with Gasteiger partial charge in [-0.1, -0.05) is 0 Å².